The van der Waals surface area contributed by atoms with E-state index in [9.17, 15) is 9.59 Å². The Balaban J connectivity index is 2.61. The summed E-state index contributed by atoms with van der Waals surface area (Å²) in [7, 11) is 0. The van der Waals surface area contributed by atoms with E-state index in [-0.39, 0.29) is 17.4 Å². The summed E-state index contributed by atoms with van der Waals surface area (Å²) in [5.74, 6) is -0.641. The topological polar surface area (TPSA) is 105 Å². The molecule has 4 N–H and O–H groups in total. The zero-order valence-electron chi connectivity index (χ0n) is 11.8. The van der Waals surface area contributed by atoms with Crippen molar-refractivity contribution < 1.29 is 14.7 Å². The Morgan fingerprint density at radius 2 is 2.10 bits per heavy atom. The Kier molecular flexibility index (Phi) is 6.11. The van der Waals surface area contributed by atoms with Crippen LogP contribution in [0, 0.1) is 11.8 Å². The second kappa shape index (κ2) is 7.59. The number of aromatic carboxylic acids is 1. The first-order chi connectivity index (χ1) is 9.42. The van der Waals surface area contributed by atoms with Crippen molar-refractivity contribution in [2.75, 3.05) is 11.9 Å². The van der Waals surface area contributed by atoms with Crippen LogP contribution in [0.1, 0.15) is 37.0 Å². The van der Waals surface area contributed by atoms with E-state index in [0.717, 1.165) is 6.42 Å². The number of nitrogens with two attached hydrogens (primary N) is 1. The van der Waals surface area contributed by atoms with E-state index in [4.69, 9.17) is 10.8 Å². The van der Waals surface area contributed by atoms with Crippen molar-refractivity contribution in [3.63, 3.8) is 0 Å². The monoisotopic (exact) mass is 279 g/mol. The highest BCUT2D eigenvalue weighted by Crippen LogP contribution is 2.16. The van der Waals surface area contributed by atoms with Crippen molar-refractivity contribution >= 4 is 17.6 Å². The minimum Gasteiger partial charge on any atom is -0.478 e. The number of carbonyl (C=O) groups excluding carboxylic acids is 1. The molecule has 0 bridgehead atoms. The number of carboxylic acid groups (broad SMARTS) is 1. The molecule has 110 valence electrons. The number of hydrogen-bond acceptors (Lipinski definition) is 4. The van der Waals surface area contributed by atoms with Gasteiger partial charge in [-0.2, -0.15) is 0 Å². The van der Waals surface area contributed by atoms with Crippen molar-refractivity contribution in [3.8, 4) is 0 Å². The molecule has 1 rings (SSSR count). The number of anilines is 1. The van der Waals surface area contributed by atoms with Crippen LogP contribution in [0.5, 0.6) is 0 Å². The Morgan fingerprint density at radius 3 is 2.65 bits per heavy atom. The number of carboxylic acids is 1. The van der Waals surface area contributed by atoms with Gasteiger partial charge in [-0.15, -0.1) is 0 Å². The fourth-order valence-electron chi connectivity index (χ4n) is 2.03. The maximum absolute atomic E-state index is 11.9. The smallest absolute Gasteiger partial charge is 0.337 e. The molecular formula is C14H21N3O3. The van der Waals surface area contributed by atoms with Gasteiger partial charge in [-0.05, 0) is 30.9 Å². The molecule has 1 amide bonds. The van der Waals surface area contributed by atoms with Gasteiger partial charge in [0, 0.05) is 12.6 Å². The van der Waals surface area contributed by atoms with E-state index < -0.39 is 5.97 Å². The highest BCUT2D eigenvalue weighted by Gasteiger charge is 2.14. The molecule has 0 unspecified atom stereocenters. The number of aromatic nitrogens is 1. The maximum Gasteiger partial charge on any atom is 0.337 e. The summed E-state index contributed by atoms with van der Waals surface area (Å²) in [6.45, 7) is 4.63. The highest BCUT2D eigenvalue weighted by molar-refractivity contribution is 5.93. The molecule has 0 aliphatic carbocycles. The normalized spacial score (nSPS) is 12.2. The molecule has 0 aliphatic rings. The summed E-state index contributed by atoms with van der Waals surface area (Å²) >= 11 is 0. The predicted molar refractivity (Wildman–Crippen MR) is 76.4 cm³/mol. The summed E-state index contributed by atoms with van der Waals surface area (Å²) < 4.78 is 0. The lowest BCUT2D eigenvalue weighted by atomic mass is 9.94. The van der Waals surface area contributed by atoms with E-state index in [2.05, 4.69) is 24.1 Å². The molecule has 0 saturated carbocycles. The second-order valence-corrected chi connectivity index (χ2v) is 5.25. The molecule has 1 atom stereocenters. The molecule has 1 aromatic heterocycles. The van der Waals surface area contributed by atoms with Gasteiger partial charge in [-0.1, -0.05) is 13.8 Å². The summed E-state index contributed by atoms with van der Waals surface area (Å²) in [5, 5.41) is 11.5. The molecule has 0 aromatic carbocycles. The van der Waals surface area contributed by atoms with E-state index in [1.165, 1.54) is 18.5 Å². The Morgan fingerprint density at radius 1 is 1.40 bits per heavy atom. The number of nitrogens with zero attached hydrogens (tertiary/aromatic N) is 1. The molecule has 0 spiro atoms. The van der Waals surface area contributed by atoms with Crippen LogP contribution in [0.25, 0.3) is 0 Å². The van der Waals surface area contributed by atoms with Gasteiger partial charge < -0.3 is 16.2 Å². The van der Waals surface area contributed by atoms with E-state index >= 15 is 0 Å². The zero-order chi connectivity index (χ0) is 15.1. The lowest BCUT2D eigenvalue weighted by Crippen LogP contribution is -2.23. The summed E-state index contributed by atoms with van der Waals surface area (Å²) in [6.07, 6.45) is 3.87. The third kappa shape index (κ3) is 5.36. The summed E-state index contributed by atoms with van der Waals surface area (Å²) in [4.78, 5) is 26.5. The quantitative estimate of drug-likeness (QED) is 0.705. The molecule has 20 heavy (non-hydrogen) atoms. The standard InChI is InChI=1S/C14H21N3O3/c1-9(2)3-10(6-15)4-13(18)17-12-5-11(14(19)20)7-16-8-12/h5,7-10H,3-4,6,15H2,1-2H3,(H,17,18)(H,19,20)/t10-/m0/s1. The van der Waals surface area contributed by atoms with Gasteiger partial charge in [0.25, 0.3) is 0 Å². The molecule has 0 aliphatic heterocycles. The molecule has 1 heterocycles. The van der Waals surface area contributed by atoms with Crippen LogP contribution >= 0.6 is 0 Å². The fraction of sp³-hybridized carbons (Fsp3) is 0.500. The van der Waals surface area contributed by atoms with E-state index in [1.54, 1.807) is 0 Å². The van der Waals surface area contributed by atoms with Crippen molar-refractivity contribution in [2.24, 2.45) is 17.6 Å². The number of nitrogens with one attached hydrogen (secondary N) is 1. The van der Waals surface area contributed by atoms with Gasteiger partial charge in [0.05, 0.1) is 17.4 Å². The van der Waals surface area contributed by atoms with Crippen LogP contribution in [-0.4, -0.2) is 28.5 Å². The average Bonchev–Trinajstić information content (AvgIpc) is 2.37. The van der Waals surface area contributed by atoms with Crippen LogP contribution in [0.2, 0.25) is 0 Å². The summed E-state index contributed by atoms with van der Waals surface area (Å²) in [6, 6.07) is 1.38. The number of rotatable bonds is 7. The first-order valence-electron chi connectivity index (χ1n) is 6.60. The molecule has 6 nitrogen and oxygen atoms in total. The Hall–Kier alpha value is -1.95. The van der Waals surface area contributed by atoms with Crippen LogP contribution in [0.4, 0.5) is 5.69 Å². The minimum atomic E-state index is -1.08. The van der Waals surface area contributed by atoms with Crippen LogP contribution in [0.3, 0.4) is 0 Å². The first kappa shape index (κ1) is 16.1. The molecular weight excluding hydrogens is 258 g/mol. The van der Waals surface area contributed by atoms with Crippen LogP contribution < -0.4 is 11.1 Å². The Bertz CT molecular complexity index is 474. The predicted octanol–water partition coefficient (Wildman–Crippen LogP) is 1.73. The van der Waals surface area contributed by atoms with Crippen LogP contribution in [-0.2, 0) is 4.79 Å². The number of hydrogen-bond donors (Lipinski definition) is 3. The van der Waals surface area contributed by atoms with E-state index in [0.29, 0.717) is 24.6 Å². The zero-order valence-corrected chi connectivity index (χ0v) is 11.8. The summed E-state index contributed by atoms with van der Waals surface area (Å²) in [5.41, 5.74) is 6.08. The van der Waals surface area contributed by atoms with Gasteiger partial charge in [-0.25, -0.2) is 4.79 Å². The largest absolute Gasteiger partial charge is 0.478 e. The maximum atomic E-state index is 11.9. The average molecular weight is 279 g/mol. The van der Waals surface area contributed by atoms with E-state index in [1.807, 2.05) is 0 Å². The second-order valence-electron chi connectivity index (χ2n) is 5.25. The van der Waals surface area contributed by atoms with Gasteiger partial charge in [0.2, 0.25) is 5.91 Å². The lowest BCUT2D eigenvalue weighted by molar-refractivity contribution is -0.117. The van der Waals surface area contributed by atoms with Crippen molar-refractivity contribution in [2.45, 2.75) is 26.7 Å². The van der Waals surface area contributed by atoms with Crippen molar-refractivity contribution in [1.29, 1.82) is 0 Å². The van der Waals surface area contributed by atoms with Crippen LogP contribution in [0.15, 0.2) is 18.5 Å². The first-order valence-corrected chi connectivity index (χ1v) is 6.60. The molecule has 0 saturated heterocycles. The number of pyridine rings is 1. The number of carbonyl (C=O) groups is 2. The third-order valence-electron chi connectivity index (χ3n) is 2.88. The lowest BCUT2D eigenvalue weighted by Gasteiger charge is -2.16. The Labute approximate surface area is 118 Å². The fourth-order valence-corrected chi connectivity index (χ4v) is 2.03. The number of amides is 1. The SMILES string of the molecule is CC(C)C[C@H](CN)CC(=O)Nc1cncc(C(=O)O)c1. The van der Waals surface area contributed by atoms with Gasteiger partial charge in [0.15, 0.2) is 0 Å². The molecule has 0 radical (unpaired) electrons. The third-order valence-corrected chi connectivity index (χ3v) is 2.88. The van der Waals surface area contributed by atoms with Crippen molar-refractivity contribution in [1.82, 2.24) is 4.98 Å². The van der Waals surface area contributed by atoms with Gasteiger partial charge >= 0.3 is 5.97 Å². The minimum absolute atomic E-state index is 0.0420. The molecule has 0 fully saturated rings. The van der Waals surface area contributed by atoms with Crippen molar-refractivity contribution in [3.05, 3.63) is 24.0 Å². The van der Waals surface area contributed by atoms with Gasteiger partial charge in [0.1, 0.15) is 0 Å². The molecule has 6 heteroatoms. The van der Waals surface area contributed by atoms with Gasteiger partial charge in [-0.3, -0.25) is 9.78 Å². The highest BCUT2D eigenvalue weighted by atomic mass is 16.4. The molecule has 1 aromatic rings.